The van der Waals surface area contributed by atoms with Crippen molar-refractivity contribution >= 4 is 23.4 Å². The molecule has 0 bridgehead atoms. The second kappa shape index (κ2) is 12.0. The molecule has 4 aromatic rings. The van der Waals surface area contributed by atoms with Crippen LogP contribution in [0, 0.1) is 13.8 Å². The Morgan fingerprint density at radius 3 is 2.44 bits per heavy atom. The molecule has 1 atom stereocenters. The van der Waals surface area contributed by atoms with E-state index in [9.17, 15) is 9.59 Å². The van der Waals surface area contributed by atoms with Crippen molar-refractivity contribution in [3.63, 3.8) is 0 Å². The molecule has 2 heterocycles. The van der Waals surface area contributed by atoms with Crippen molar-refractivity contribution in [1.29, 1.82) is 0 Å². The van der Waals surface area contributed by atoms with E-state index in [0.29, 0.717) is 33.0 Å². The number of rotatable bonds is 8. The molecule has 1 aromatic heterocycles. The van der Waals surface area contributed by atoms with Gasteiger partial charge in [-0.2, -0.15) is 0 Å². The van der Waals surface area contributed by atoms with Gasteiger partial charge in [0.2, 0.25) is 0 Å². The maximum absolute atomic E-state index is 13.9. The third kappa shape index (κ3) is 5.88. The molecule has 1 aliphatic rings. The maximum atomic E-state index is 13.9. The summed E-state index contributed by atoms with van der Waals surface area (Å²) in [6.45, 7) is 8.16. The van der Waals surface area contributed by atoms with Crippen LogP contribution in [0.5, 0.6) is 11.5 Å². The number of hydrogen-bond donors (Lipinski definition) is 0. The largest absolute Gasteiger partial charge is 0.496 e. The van der Waals surface area contributed by atoms with E-state index in [2.05, 4.69) is 11.1 Å². The molecular formula is C33H32N2O5S. The van der Waals surface area contributed by atoms with Crippen molar-refractivity contribution in [3.05, 3.63) is 126 Å². The Labute approximate surface area is 242 Å². The van der Waals surface area contributed by atoms with Gasteiger partial charge in [-0.1, -0.05) is 53.8 Å². The van der Waals surface area contributed by atoms with Crippen LogP contribution in [-0.4, -0.2) is 24.3 Å². The molecule has 41 heavy (non-hydrogen) atoms. The number of aromatic nitrogens is 1. The van der Waals surface area contributed by atoms with Crippen molar-refractivity contribution in [2.24, 2.45) is 4.99 Å². The highest BCUT2D eigenvalue weighted by Gasteiger charge is 2.33. The summed E-state index contributed by atoms with van der Waals surface area (Å²) in [5, 5.41) is 0. The fourth-order valence-corrected chi connectivity index (χ4v) is 6.12. The second-order valence-electron chi connectivity index (χ2n) is 9.90. The predicted molar refractivity (Wildman–Crippen MR) is 160 cm³/mol. The van der Waals surface area contributed by atoms with Gasteiger partial charge in [0.05, 0.1) is 35.6 Å². The molecule has 8 heteroatoms. The number of carbonyl (C=O) groups excluding carboxylic acids is 1. The number of esters is 1. The number of nitrogens with zero attached hydrogens (tertiary/aromatic N) is 2. The topological polar surface area (TPSA) is 79.1 Å². The Kier molecular flexibility index (Phi) is 8.21. The van der Waals surface area contributed by atoms with E-state index < -0.39 is 12.0 Å². The molecule has 0 saturated carbocycles. The number of thiazole rings is 1. The maximum Gasteiger partial charge on any atom is 0.338 e. The van der Waals surface area contributed by atoms with E-state index in [1.807, 2.05) is 80.6 Å². The zero-order chi connectivity index (χ0) is 29.1. The Bertz CT molecular complexity index is 1800. The van der Waals surface area contributed by atoms with Gasteiger partial charge < -0.3 is 14.2 Å². The fraction of sp³-hybridized carbons (Fsp3) is 0.242. The second-order valence-corrected chi connectivity index (χ2v) is 10.9. The molecular weight excluding hydrogens is 536 g/mol. The number of allylic oxidation sites excluding steroid dienone is 1. The molecule has 0 unspecified atom stereocenters. The summed E-state index contributed by atoms with van der Waals surface area (Å²) < 4.78 is 19.2. The molecule has 5 rings (SSSR count). The van der Waals surface area contributed by atoms with Crippen molar-refractivity contribution in [2.75, 3.05) is 13.7 Å². The molecule has 7 nitrogen and oxygen atoms in total. The van der Waals surface area contributed by atoms with Crippen LogP contribution in [0.25, 0.3) is 6.08 Å². The van der Waals surface area contributed by atoms with Gasteiger partial charge in [-0.25, -0.2) is 9.79 Å². The van der Waals surface area contributed by atoms with Gasteiger partial charge in [-0.3, -0.25) is 9.36 Å². The van der Waals surface area contributed by atoms with Crippen LogP contribution >= 0.6 is 11.3 Å². The van der Waals surface area contributed by atoms with Crippen LogP contribution < -0.4 is 24.4 Å². The zero-order valence-corrected chi connectivity index (χ0v) is 24.6. The number of carbonyl (C=O) groups is 1. The van der Waals surface area contributed by atoms with E-state index in [1.54, 1.807) is 25.5 Å². The fourth-order valence-electron chi connectivity index (χ4n) is 5.07. The van der Waals surface area contributed by atoms with Crippen molar-refractivity contribution in [3.8, 4) is 11.5 Å². The lowest BCUT2D eigenvalue weighted by Gasteiger charge is -2.24. The molecule has 0 spiro atoms. The third-order valence-corrected chi connectivity index (χ3v) is 7.81. The first-order valence-corrected chi connectivity index (χ1v) is 14.2. The van der Waals surface area contributed by atoms with Gasteiger partial charge in [-0.05, 0) is 80.3 Å². The Balaban J connectivity index is 1.56. The van der Waals surface area contributed by atoms with Crippen LogP contribution in [0.4, 0.5) is 0 Å². The quantitative estimate of drug-likeness (QED) is 0.280. The number of hydrogen-bond acceptors (Lipinski definition) is 7. The van der Waals surface area contributed by atoms with E-state index in [-0.39, 0.29) is 12.2 Å². The van der Waals surface area contributed by atoms with E-state index in [4.69, 9.17) is 14.2 Å². The summed E-state index contributed by atoms with van der Waals surface area (Å²) in [4.78, 5) is 32.1. The highest BCUT2D eigenvalue weighted by Crippen LogP contribution is 2.30. The zero-order valence-electron chi connectivity index (χ0n) is 23.8. The molecule has 3 aromatic carbocycles. The highest BCUT2D eigenvalue weighted by atomic mass is 32.1. The molecule has 0 amide bonds. The Morgan fingerprint density at radius 1 is 1.02 bits per heavy atom. The lowest BCUT2D eigenvalue weighted by Crippen LogP contribution is -2.39. The molecule has 0 saturated heterocycles. The summed E-state index contributed by atoms with van der Waals surface area (Å²) in [6, 6.07) is 20.7. The molecule has 0 aliphatic carbocycles. The molecule has 0 N–H and O–H groups in total. The van der Waals surface area contributed by atoms with Crippen LogP contribution in [0.15, 0.2) is 87.8 Å². The average Bonchev–Trinajstić information content (AvgIpc) is 3.25. The number of aryl methyl sites for hydroxylation is 2. The van der Waals surface area contributed by atoms with Gasteiger partial charge in [0.15, 0.2) is 4.80 Å². The summed E-state index contributed by atoms with van der Waals surface area (Å²) in [6.07, 6.45) is 1.84. The monoisotopic (exact) mass is 568 g/mol. The Hall–Kier alpha value is -4.43. The molecule has 0 fully saturated rings. The minimum absolute atomic E-state index is 0.222. The number of benzene rings is 3. The van der Waals surface area contributed by atoms with Gasteiger partial charge in [-0.15, -0.1) is 0 Å². The van der Waals surface area contributed by atoms with E-state index in [1.165, 1.54) is 11.3 Å². The van der Waals surface area contributed by atoms with Gasteiger partial charge in [0.25, 0.3) is 5.56 Å². The first kappa shape index (κ1) is 28.1. The summed E-state index contributed by atoms with van der Waals surface area (Å²) >= 11 is 1.29. The van der Waals surface area contributed by atoms with Crippen molar-refractivity contribution in [1.82, 2.24) is 4.57 Å². The summed E-state index contributed by atoms with van der Waals surface area (Å²) in [5.41, 5.74) is 5.45. The number of ether oxygens (including phenoxy) is 3. The van der Waals surface area contributed by atoms with Crippen LogP contribution in [0.3, 0.4) is 0 Å². The number of methoxy groups -OCH3 is 1. The number of fused-ring (bicyclic) bond motifs is 1. The summed E-state index contributed by atoms with van der Waals surface area (Å²) in [5.74, 6) is 1.02. The summed E-state index contributed by atoms with van der Waals surface area (Å²) in [7, 11) is 1.63. The van der Waals surface area contributed by atoms with E-state index >= 15 is 0 Å². The SMILES string of the molecule is CCOC(=O)C1=C(C)N=c2sc(=Cc3ccc(OC)c(COc4cc(C)cc(C)c4)c3)c(=O)n2[C@@H]1c1ccccc1. The first-order valence-electron chi connectivity index (χ1n) is 13.4. The van der Waals surface area contributed by atoms with Crippen LogP contribution in [0.2, 0.25) is 0 Å². The smallest absolute Gasteiger partial charge is 0.338 e. The predicted octanol–water partition coefficient (Wildman–Crippen LogP) is 5.00. The third-order valence-electron chi connectivity index (χ3n) is 6.82. The molecule has 0 radical (unpaired) electrons. The minimum Gasteiger partial charge on any atom is -0.496 e. The average molecular weight is 569 g/mol. The first-order chi connectivity index (χ1) is 19.8. The minimum atomic E-state index is -0.633. The van der Waals surface area contributed by atoms with Gasteiger partial charge in [0, 0.05) is 5.56 Å². The lowest BCUT2D eigenvalue weighted by molar-refractivity contribution is -0.139. The Morgan fingerprint density at radius 2 is 1.76 bits per heavy atom. The van der Waals surface area contributed by atoms with Gasteiger partial charge in [0.1, 0.15) is 18.1 Å². The normalized spacial score (nSPS) is 14.9. The standard InChI is InChI=1S/C33H32N2O5S/c1-6-39-32(37)29-22(4)34-33-35(30(29)24-10-8-7-9-11-24)31(36)28(41-33)18-23-12-13-27(38-5)25(17-23)19-40-26-15-20(2)14-21(3)16-26/h7-18,30H,6,19H2,1-5H3/t30-/m1/s1. The van der Waals surface area contributed by atoms with Crippen LogP contribution in [-0.2, 0) is 16.1 Å². The van der Waals surface area contributed by atoms with Crippen LogP contribution in [0.1, 0.15) is 47.7 Å². The highest BCUT2D eigenvalue weighted by molar-refractivity contribution is 7.07. The van der Waals surface area contributed by atoms with Crippen molar-refractivity contribution in [2.45, 2.75) is 40.3 Å². The van der Waals surface area contributed by atoms with E-state index in [0.717, 1.165) is 33.6 Å². The molecule has 210 valence electrons. The lowest BCUT2D eigenvalue weighted by atomic mass is 9.96. The molecule has 1 aliphatic heterocycles. The van der Waals surface area contributed by atoms with Gasteiger partial charge >= 0.3 is 5.97 Å². The van der Waals surface area contributed by atoms with Crippen molar-refractivity contribution < 1.29 is 19.0 Å².